The van der Waals surface area contributed by atoms with Gasteiger partial charge in [-0.25, -0.2) is 4.79 Å². The summed E-state index contributed by atoms with van der Waals surface area (Å²) in [5, 5.41) is 0. The monoisotopic (exact) mass is 304 g/mol. The number of carbonyl (C=O) groups is 1. The first-order valence-electron chi connectivity index (χ1n) is 7.98. The van der Waals surface area contributed by atoms with Gasteiger partial charge in [-0.05, 0) is 64.8 Å². The van der Waals surface area contributed by atoms with Gasteiger partial charge < -0.3 is 14.5 Å². The number of anilines is 1. The van der Waals surface area contributed by atoms with Crippen LogP contribution in [0.15, 0.2) is 18.2 Å². The average molecular weight is 304 g/mol. The molecule has 122 valence electrons. The second-order valence-electron chi connectivity index (χ2n) is 7.31. The van der Waals surface area contributed by atoms with Gasteiger partial charge >= 0.3 is 6.09 Å². The van der Waals surface area contributed by atoms with Crippen LogP contribution in [0.3, 0.4) is 0 Å². The summed E-state index contributed by atoms with van der Waals surface area (Å²) in [4.78, 5) is 16.4. The van der Waals surface area contributed by atoms with Crippen molar-refractivity contribution in [2.24, 2.45) is 0 Å². The molecule has 1 aromatic carbocycles. The van der Waals surface area contributed by atoms with E-state index in [0.717, 1.165) is 6.54 Å². The first kappa shape index (κ1) is 16.7. The van der Waals surface area contributed by atoms with Crippen molar-refractivity contribution in [1.82, 2.24) is 4.90 Å². The molecule has 0 unspecified atom stereocenters. The molecule has 1 fully saturated rings. The van der Waals surface area contributed by atoms with E-state index in [2.05, 4.69) is 43.9 Å². The highest BCUT2D eigenvalue weighted by Crippen LogP contribution is 2.24. The van der Waals surface area contributed by atoms with E-state index in [-0.39, 0.29) is 12.1 Å². The molecular formula is C18H28N2O2. The standard InChI is InChI=1S/C18H28N2O2/c1-13-9-14(2)11-16(10-13)20-8-7-19(12-15(20)3)17(21)22-18(4,5)6/h9-11,15H,7-8,12H2,1-6H3/t15-/m1/s1. The minimum Gasteiger partial charge on any atom is -0.444 e. The predicted molar refractivity (Wildman–Crippen MR) is 90.5 cm³/mol. The quantitative estimate of drug-likeness (QED) is 0.792. The molecule has 0 saturated carbocycles. The van der Waals surface area contributed by atoms with E-state index in [4.69, 9.17) is 4.74 Å². The molecule has 0 radical (unpaired) electrons. The van der Waals surface area contributed by atoms with Gasteiger partial charge in [-0.15, -0.1) is 0 Å². The van der Waals surface area contributed by atoms with Crippen LogP contribution in [0.5, 0.6) is 0 Å². The Morgan fingerprint density at radius 1 is 1.14 bits per heavy atom. The van der Waals surface area contributed by atoms with Gasteiger partial charge in [0, 0.05) is 31.4 Å². The van der Waals surface area contributed by atoms with Crippen LogP contribution in [-0.4, -0.2) is 42.3 Å². The van der Waals surface area contributed by atoms with E-state index in [1.165, 1.54) is 16.8 Å². The van der Waals surface area contributed by atoms with E-state index in [1.807, 2.05) is 25.7 Å². The molecule has 22 heavy (non-hydrogen) atoms. The number of ether oxygens (including phenoxy) is 1. The maximum absolute atomic E-state index is 12.2. The summed E-state index contributed by atoms with van der Waals surface area (Å²) in [5.41, 5.74) is 3.35. The smallest absolute Gasteiger partial charge is 0.410 e. The number of rotatable bonds is 1. The fourth-order valence-electron chi connectivity index (χ4n) is 2.95. The summed E-state index contributed by atoms with van der Waals surface area (Å²) in [7, 11) is 0. The Morgan fingerprint density at radius 2 is 1.73 bits per heavy atom. The van der Waals surface area contributed by atoms with Crippen molar-refractivity contribution < 1.29 is 9.53 Å². The molecule has 1 aromatic rings. The Labute approximate surface area is 134 Å². The zero-order valence-corrected chi connectivity index (χ0v) is 14.6. The maximum atomic E-state index is 12.2. The molecule has 1 atom stereocenters. The van der Waals surface area contributed by atoms with Crippen LogP contribution in [0.2, 0.25) is 0 Å². The molecule has 1 aliphatic heterocycles. The fourth-order valence-corrected chi connectivity index (χ4v) is 2.95. The number of amides is 1. The molecular weight excluding hydrogens is 276 g/mol. The van der Waals surface area contributed by atoms with Crippen molar-refractivity contribution >= 4 is 11.8 Å². The van der Waals surface area contributed by atoms with Crippen LogP contribution in [0.25, 0.3) is 0 Å². The molecule has 0 spiro atoms. The summed E-state index contributed by atoms with van der Waals surface area (Å²) in [6.07, 6.45) is -0.209. The summed E-state index contributed by atoms with van der Waals surface area (Å²) < 4.78 is 5.47. The lowest BCUT2D eigenvalue weighted by Crippen LogP contribution is -2.54. The van der Waals surface area contributed by atoms with E-state index in [1.54, 1.807) is 0 Å². The zero-order valence-electron chi connectivity index (χ0n) is 14.6. The molecule has 0 N–H and O–H groups in total. The van der Waals surface area contributed by atoms with Crippen LogP contribution in [0, 0.1) is 13.8 Å². The second-order valence-corrected chi connectivity index (χ2v) is 7.31. The van der Waals surface area contributed by atoms with Gasteiger partial charge in [0.2, 0.25) is 0 Å². The van der Waals surface area contributed by atoms with Gasteiger partial charge in [-0.2, -0.15) is 0 Å². The van der Waals surface area contributed by atoms with Crippen LogP contribution in [0.1, 0.15) is 38.8 Å². The Bertz CT molecular complexity index is 528. The molecule has 1 aliphatic rings. The van der Waals surface area contributed by atoms with E-state index in [0.29, 0.717) is 13.1 Å². The largest absolute Gasteiger partial charge is 0.444 e. The minimum atomic E-state index is -0.439. The first-order valence-corrected chi connectivity index (χ1v) is 7.98. The number of piperazine rings is 1. The van der Waals surface area contributed by atoms with Gasteiger partial charge in [-0.1, -0.05) is 6.07 Å². The summed E-state index contributed by atoms with van der Waals surface area (Å²) in [5.74, 6) is 0. The molecule has 1 amide bonds. The Kier molecular flexibility index (Phi) is 4.69. The number of hydrogen-bond acceptors (Lipinski definition) is 3. The second kappa shape index (κ2) is 6.19. The van der Waals surface area contributed by atoms with Gasteiger partial charge in [0.1, 0.15) is 5.60 Å². The molecule has 1 heterocycles. The van der Waals surface area contributed by atoms with Crippen molar-refractivity contribution in [3.8, 4) is 0 Å². The van der Waals surface area contributed by atoms with Crippen molar-refractivity contribution in [2.75, 3.05) is 24.5 Å². The highest BCUT2D eigenvalue weighted by molar-refractivity contribution is 5.69. The normalized spacial score (nSPS) is 19.3. The average Bonchev–Trinajstić information content (AvgIpc) is 2.35. The topological polar surface area (TPSA) is 32.8 Å². The van der Waals surface area contributed by atoms with Crippen molar-refractivity contribution in [3.05, 3.63) is 29.3 Å². The van der Waals surface area contributed by atoms with Crippen LogP contribution >= 0.6 is 0 Å². The van der Waals surface area contributed by atoms with Gasteiger partial charge in [0.05, 0.1) is 0 Å². The summed E-state index contributed by atoms with van der Waals surface area (Å²) in [6.45, 7) is 14.3. The Morgan fingerprint density at radius 3 is 2.23 bits per heavy atom. The molecule has 0 bridgehead atoms. The van der Waals surface area contributed by atoms with E-state index >= 15 is 0 Å². The van der Waals surface area contributed by atoms with Gasteiger partial charge in [0.25, 0.3) is 0 Å². The predicted octanol–water partition coefficient (Wildman–Crippen LogP) is 3.75. The van der Waals surface area contributed by atoms with Crippen molar-refractivity contribution in [2.45, 2.75) is 53.2 Å². The van der Waals surface area contributed by atoms with Crippen LogP contribution < -0.4 is 4.90 Å². The number of aryl methyl sites for hydroxylation is 2. The Balaban J connectivity index is 2.05. The molecule has 0 aliphatic carbocycles. The highest BCUT2D eigenvalue weighted by atomic mass is 16.6. The molecule has 2 rings (SSSR count). The molecule has 1 saturated heterocycles. The SMILES string of the molecule is Cc1cc(C)cc(N2CCN(C(=O)OC(C)(C)C)C[C@H]2C)c1. The number of carbonyl (C=O) groups excluding carboxylic acids is 1. The maximum Gasteiger partial charge on any atom is 0.410 e. The Hall–Kier alpha value is -1.71. The lowest BCUT2D eigenvalue weighted by atomic mass is 10.1. The van der Waals surface area contributed by atoms with E-state index < -0.39 is 5.60 Å². The molecule has 0 aromatic heterocycles. The lowest BCUT2D eigenvalue weighted by molar-refractivity contribution is 0.0219. The summed E-state index contributed by atoms with van der Waals surface area (Å²) in [6, 6.07) is 6.90. The van der Waals surface area contributed by atoms with Crippen molar-refractivity contribution in [3.63, 3.8) is 0 Å². The third-order valence-electron chi connectivity index (χ3n) is 3.82. The van der Waals surface area contributed by atoms with Crippen LogP contribution in [-0.2, 0) is 4.74 Å². The number of benzene rings is 1. The summed E-state index contributed by atoms with van der Waals surface area (Å²) >= 11 is 0. The fraction of sp³-hybridized carbons (Fsp3) is 0.611. The first-order chi connectivity index (χ1) is 10.2. The number of hydrogen-bond donors (Lipinski definition) is 0. The molecule has 4 heteroatoms. The number of nitrogens with zero attached hydrogens (tertiary/aromatic N) is 2. The van der Waals surface area contributed by atoms with Gasteiger partial charge in [0.15, 0.2) is 0 Å². The van der Waals surface area contributed by atoms with Gasteiger partial charge in [-0.3, -0.25) is 0 Å². The van der Waals surface area contributed by atoms with Crippen molar-refractivity contribution in [1.29, 1.82) is 0 Å². The minimum absolute atomic E-state index is 0.209. The third kappa shape index (κ3) is 4.15. The highest BCUT2D eigenvalue weighted by Gasteiger charge is 2.29. The lowest BCUT2D eigenvalue weighted by Gasteiger charge is -2.41. The van der Waals surface area contributed by atoms with Crippen LogP contribution in [0.4, 0.5) is 10.5 Å². The zero-order chi connectivity index (χ0) is 16.5. The van der Waals surface area contributed by atoms with E-state index in [9.17, 15) is 4.79 Å². The third-order valence-corrected chi connectivity index (χ3v) is 3.82. The molecule has 4 nitrogen and oxygen atoms in total.